The number of nitriles is 1. The molecule has 0 radical (unpaired) electrons. The number of thioether (sulfide) groups is 1. The third-order valence-corrected chi connectivity index (χ3v) is 5.86. The fraction of sp³-hybridized carbons (Fsp3) is 0.733. The Labute approximate surface area is 145 Å². The molecule has 2 rings (SSSR count). The topological polar surface area (TPSA) is 81.9 Å². The van der Waals surface area contributed by atoms with Gasteiger partial charge in [-0.2, -0.15) is 5.26 Å². The highest BCUT2D eigenvalue weighted by Crippen LogP contribution is 2.28. The van der Waals surface area contributed by atoms with Crippen LogP contribution in [0.3, 0.4) is 0 Å². The highest BCUT2D eigenvalue weighted by atomic mass is 32.2. The van der Waals surface area contributed by atoms with E-state index in [-0.39, 0.29) is 5.91 Å². The zero-order valence-corrected chi connectivity index (χ0v) is 15.1. The molecule has 1 amide bonds. The Bertz CT molecular complexity index is 536. The van der Waals surface area contributed by atoms with Crippen LogP contribution in [0.15, 0.2) is 4.34 Å². The summed E-state index contributed by atoms with van der Waals surface area (Å²) in [6.45, 7) is 3.06. The van der Waals surface area contributed by atoms with Crippen molar-refractivity contribution in [1.29, 1.82) is 5.26 Å². The molecule has 0 saturated heterocycles. The van der Waals surface area contributed by atoms with Crippen LogP contribution in [-0.4, -0.2) is 45.9 Å². The van der Waals surface area contributed by atoms with E-state index >= 15 is 0 Å². The van der Waals surface area contributed by atoms with Crippen LogP contribution < -0.4 is 5.32 Å². The number of rotatable bonds is 8. The third kappa shape index (κ3) is 5.99. The van der Waals surface area contributed by atoms with E-state index in [1.807, 2.05) is 6.92 Å². The summed E-state index contributed by atoms with van der Waals surface area (Å²) in [4.78, 5) is 13.8. The molecule has 8 heteroatoms. The maximum absolute atomic E-state index is 12.1. The van der Waals surface area contributed by atoms with Crippen molar-refractivity contribution >= 4 is 34.1 Å². The van der Waals surface area contributed by atoms with Gasteiger partial charge >= 0.3 is 0 Å². The number of nitrogens with one attached hydrogen (secondary N) is 1. The van der Waals surface area contributed by atoms with Gasteiger partial charge in [0.2, 0.25) is 11.0 Å². The van der Waals surface area contributed by atoms with Crippen LogP contribution in [0.2, 0.25) is 0 Å². The van der Waals surface area contributed by atoms with E-state index in [1.165, 1.54) is 55.2 Å². The first-order valence-electron chi connectivity index (χ1n) is 8.10. The second kappa shape index (κ2) is 9.73. The minimum Gasteiger partial charge on any atom is -0.357 e. The van der Waals surface area contributed by atoms with Crippen LogP contribution in [-0.2, 0) is 4.79 Å². The molecule has 0 spiro atoms. The molecule has 1 aromatic heterocycles. The van der Waals surface area contributed by atoms with Crippen LogP contribution in [0.4, 0.5) is 5.13 Å². The molecule has 1 saturated carbocycles. The van der Waals surface area contributed by atoms with Crippen LogP contribution in [0.5, 0.6) is 0 Å². The molecule has 1 aliphatic rings. The minimum atomic E-state index is 0.0461. The minimum absolute atomic E-state index is 0.0461. The van der Waals surface area contributed by atoms with Gasteiger partial charge in [0.25, 0.3) is 0 Å². The molecular weight excluding hydrogens is 330 g/mol. The van der Waals surface area contributed by atoms with Gasteiger partial charge in [-0.15, -0.1) is 10.2 Å². The van der Waals surface area contributed by atoms with Gasteiger partial charge in [0, 0.05) is 19.1 Å². The van der Waals surface area contributed by atoms with Crippen LogP contribution in [0, 0.1) is 11.3 Å². The molecule has 0 aromatic carbocycles. The molecule has 126 valence electrons. The average Bonchev–Trinajstić information content (AvgIpc) is 3.02. The lowest BCUT2D eigenvalue weighted by molar-refractivity contribution is -0.128. The summed E-state index contributed by atoms with van der Waals surface area (Å²) in [7, 11) is 0. The number of nitrogens with zero attached hydrogens (tertiary/aromatic N) is 4. The largest absolute Gasteiger partial charge is 0.357 e. The smallest absolute Gasteiger partial charge is 0.233 e. The number of amides is 1. The standard InChI is InChI=1S/C15H23N5OS2/c1-2-20(10-6-9-16)13(21)11-22-15-19-18-14(23-15)17-12-7-4-3-5-8-12/h12H,2-8,10-11H2,1H3,(H,17,18). The molecular formula is C15H23N5OS2. The maximum atomic E-state index is 12.1. The predicted octanol–water partition coefficient (Wildman–Crippen LogP) is 3.14. The van der Waals surface area contributed by atoms with Crippen LogP contribution in [0.1, 0.15) is 45.4 Å². The molecule has 6 nitrogen and oxygen atoms in total. The molecule has 0 aliphatic heterocycles. The Kier molecular flexibility index (Phi) is 7.62. The van der Waals surface area contributed by atoms with Crippen molar-refractivity contribution in [2.45, 2.75) is 55.8 Å². The van der Waals surface area contributed by atoms with E-state index in [9.17, 15) is 4.79 Å². The fourth-order valence-corrected chi connectivity index (χ4v) is 4.34. The summed E-state index contributed by atoms with van der Waals surface area (Å²) in [5.74, 6) is 0.391. The molecule has 0 unspecified atom stereocenters. The average molecular weight is 354 g/mol. The van der Waals surface area contributed by atoms with E-state index < -0.39 is 0 Å². The first kappa shape index (κ1) is 18.0. The zero-order chi connectivity index (χ0) is 16.5. The summed E-state index contributed by atoms with van der Waals surface area (Å²) >= 11 is 2.93. The zero-order valence-electron chi connectivity index (χ0n) is 13.5. The van der Waals surface area contributed by atoms with E-state index in [1.54, 1.807) is 4.90 Å². The van der Waals surface area contributed by atoms with Crippen molar-refractivity contribution in [2.24, 2.45) is 0 Å². The number of hydrogen-bond acceptors (Lipinski definition) is 7. The van der Waals surface area contributed by atoms with Crippen molar-refractivity contribution in [3.05, 3.63) is 0 Å². The SMILES string of the molecule is CCN(CCC#N)C(=O)CSc1nnc(NC2CCCCC2)s1. The Morgan fingerprint density at radius 3 is 2.91 bits per heavy atom. The van der Waals surface area contributed by atoms with E-state index in [2.05, 4.69) is 21.6 Å². The lowest BCUT2D eigenvalue weighted by atomic mass is 9.96. The molecule has 1 aliphatic carbocycles. The lowest BCUT2D eigenvalue weighted by Gasteiger charge is -2.21. The van der Waals surface area contributed by atoms with Crippen molar-refractivity contribution < 1.29 is 4.79 Å². The van der Waals surface area contributed by atoms with E-state index in [0.29, 0.717) is 31.3 Å². The second-order valence-corrected chi connectivity index (χ2v) is 7.72. The van der Waals surface area contributed by atoms with E-state index in [0.717, 1.165) is 9.47 Å². The fourth-order valence-electron chi connectivity index (χ4n) is 2.61. The predicted molar refractivity (Wildman–Crippen MR) is 93.6 cm³/mol. The summed E-state index contributed by atoms with van der Waals surface area (Å²) in [5.41, 5.74) is 0. The summed E-state index contributed by atoms with van der Waals surface area (Å²) < 4.78 is 0.813. The van der Waals surface area contributed by atoms with Crippen LogP contribution in [0.25, 0.3) is 0 Å². The Morgan fingerprint density at radius 1 is 1.43 bits per heavy atom. The Morgan fingerprint density at radius 2 is 2.22 bits per heavy atom. The molecule has 1 N–H and O–H groups in total. The molecule has 1 heterocycles. The Hall–Kier alpha value is -1.33. The molecule has 1 aromatic rings. The molecule has 1 fully saturated rings. The van der Waals surface area contributed by atoms with Gasteiger partial charge in [-0.25, -0.2) is 0 Å². The monoisotopic (exact) mass is 353 g/mol. The number of hydrogen-bond donors (Lipinski definition) is 1. The molecule has 0 bridgehead atoms. The number of carbonyl (C=O) groups excluding carboxylic acids is 1. The number of anilines is 1. The molecule has 0 atom stereocenters. The van der Waals surface area contributed by atoms with Gasteiger partial charge in [-0.1, -0.05) is 42.4 Å². The van der Waals surface area contributed by atoms with Crippen LogP contribution >= 0.6 is 23.1 Å². The van der Waals surface area contributed by atoms with Crippen molar-refractivity contribution in [3.8, 4) is 6.07 Å². The van der Waals surface area contributed by atoms with Gasteiger partial charge in [-0.3, -0.25) is 4.79 Å². The quantitative estimate of drug-likeness (QED) is 0.723. The Balaban J connectivity index is 1.77. The van der Waals surface area contributed by atoms with Crippen molar-refractivity contribution in [3.63, 3.8) is 0 Å². The highest BCUT2D eigenvalue weighted by Gasteiger charge is 2.16. The number of aromatic nitrogens is 2. The van der Waals surface area contributed by atoms with Crippen molar-refractivity contribution in [1.82, 2.24) is 15.1 Å². The van der Waals surface area contributed by atoms with E-state index in [4.69, 9.17) is 5.26 Å². The van der Waals surface area contributed by atoms with Gasteiger partial charge in [-0.05, 0) is 19.8 Å². The molecule has 23 heavy (non-hydrogen) atoms. The first-order valence-corrected chi connectivity index (χ1v) is 9.90. The van der Waals surface area contributed by atoms with Crippen molar-refractivity contribution in [2.75, 3.05) is 24.2 Å². The van der Waals surface area contributed by atoms with Gasteiger partial charge in [0.1, 0.15) is 0 Å². The van der Waals surface area contributed by atoms with Gasteiger partial charge in [0.05, 0.1) is 18.2 Å². The highest BCUT2D eigenvalue weighted by molar-refractivity contribution is 8.01. The van der Waals surface area contributed by atoms with Gasteiger partial charge in [0.15, 0.2) is 4.34 Å². The maximum Gasteiger partial charge on any atom is 0.233 e. The first-order chi connectivity index (χ1) is 11.2. The van der Waals surface area contributed by atoms with Gasteiger partial charge < -0.3 is 10.2 Å². The summed E-state index contributed by atoms with van der Waals surface area (Å²) in [6.07, 6.45) is 6.66. The lowest BCUT2D eigenvalue weighted by Crippen LogP contribution is -2.33. The second-order valence-electron chi connectivity index (χ2n) is 5.52. The normalized spacial score (nSPS) is 15.1. The summed E-state index contributed by atoms with van der Waals surface area (Å²) in [6, 6.07) is 2.59. The third-order valence-electron chi connectivity index (χ3n) is 3.89. The summed E-state index contributed by atoms with van der Waals surface area (Å²) in [5, 5.41) is 21.2. The number of carbonyl (C=O) groups is 1.